The first-order valence-corrected chi connectivity index (χ1v) is 13.4. The van der Waals surface area contributed by atoms with Crippen molar-refractivity contribution in [2.45, 2.75) is 32.3 Å². The largest absolute Gasteiger partial charge is 0.345 e. The molecule has 0 amide bonds. The maximum Gasteiger partial charge on any atom is 0.270 e. The lowest BCUT2D eigenvalue weighted by molar-refractivity contribution is -0.0890. The van der Waals surface area contributed by atoms with Crippen LogP contribution in [0.1, 0.15) is 37.5 Å². The average Bonchev–Trinajstić information content (AvgIpc) is 2.86. The molecule has 0 aliphatic rings. The zero-order valence-corrected chi connectivity index (χ0v) is 20.5. The summed E-state index contributed by atoms with van der Waals surface area (Å²) < 4.78 is 31.4. The second-order valence-electron chi connectivity index (χ2n) is 7.54. The van der Waals surface area contributed by atoms with Gasteiger partial charge in [0.25, 0.3) is 7.37 Å². The summed E-state index contributed by atoms with van der Waals surface area (Å²) in [6, 6.07) is 29.7. The van der Waals surface area contributed by atoms with E-state index < -0.39 is 18.9 Å². The smallest absolute Gasteiger partial charge is 0.270 e. The summed E-state index contributed by atoms with van der Waals surface area (Å²) in [6.45, 7) is 6.60. The Labute approximate surface area is 197 Å². The lowest BCUT2D eigenvalue weighted by atomic mass is 9.77. The number of hydrogen-bond donors (Lipinski definition) is 1. The van der Waals surface area contributed by atoms with E-state index in [1.165, 1.54) is 0 Å². The summed E-state index contributed by atoms with van der Waals surface area (Å²) in [6.07, 6.45) is 0.0736. The third-order valence-corrected chi connectivity index (χ3v) is 7.71. The Bertz CT molecular complexity index is 896. The summed E-state index contributed by atoms with van der Waals surface area (Å²) in [4.78, 5) is 0. The van der Waals surface area contributed by atoms with Crippen molar-refractivity contribution in [3.8, 4) is 0 Å². The normalized spacial score (nSPS) is 13.7. The molecule has 1 atom stereocenters. The Kier molecular flexibility index (Phi) is 9.42. The molecule has 1 unspecified atom stereocenters. The standard InChI is InChI=1S/C27H34NO4P/c1-4-30-26(31-5-2)33(29,32-6-3)22-28-27(23-16-10-7-11-17-23,24-18-12-8-13-19-24)25-20-14-9-15-21-25/h7-21,26,28H,4-6,22H2,1-3H3. The van der Waals surface area contributed by atoms with Crippen molar-refractivity contribution in [1.82, 2.24) is 5.32 Å². The van der Waals surface area contributed by atoms with E-state index in [-0.39, 0.29) is 6.29 Å². The molecule has 3 rings (SSSR count). The van der Waals surface area contributed by atoms with Gasteiger partial charge in [0, 0.05) is 13.2 Å². The second kappa shape index (κ2) is 12.3. The van der Waals surface area contributed by atoms with Gasteiger partial charge in [-0.25, -0.2) is 0 Å². The molecular formula is C27H34NO4P. The molecule has 0 heterocycles. The van der Waals surface area contributed by atoms with Crippen LogP contribution in [0.3, 0.4) is 0 Å². The monoisotopic (exact) mass is 467 g/mol. The van der Waals surface area contributed by atoms with Crippen LogP contribution in [0, 0.1) is 0 Å². The average molecular weight is 468 g/mol. The highest BCUT2D eigenvalue weighted by molar-refractivity contribution is 7.59. The fraction of sp³-hybridized carbons (Fsp3) is 0.333. The van der Waals surface area contributed by atoms with Crippen LogP contribution in [0.2, 0.25) is 0 Å². The van der Waals surface area contributed by atoms with Crippen molar-refractivity contribution in [3.63, 3.8) is 0 Å². The number of hydrogen-bond acceptors (Lipinski definition) is 5. The molecule has 0 aromatic heterocycles. The predicted molar refractivity (Wildman–Crippen MR) is 133 cm³/mol. The zero-order chi connectivity index (χ0) is 23.6. The lowest BCUT2D eigenvalue weighted by Gasteiger charge is -2.39. The van der Waals surface area contributed by atoms with Crippen LogP contribution in [0.4, 0.5) is 0 Å². The minimum atomic E-state index is -3.38. The molecule has 0 aliphatic carbocycles. The SMILES string of the molecule is CCOC(OCC)P(=O)(CNC(c1ccccc1)(c1ccccc1)c1ccccc1)OCC. The quantitative estimate of drug-likeness (QED) is 0.184. The molecule has 0 saturated carbocycles. The van der Waals surface area contributed by atoms with Gasteiger partial charge < -0.3 is 14.0 Å². The first-order valence-electron chi connectivity index (χ1n) is 11.5. The van der Waals surface area contributed by atoms with Crippen LogP contribution in [-0.2, 0) is 24.1 Å². The Morgan fingerprint density at radius 1 is 0.697 bits per heavy atom. The van der Waals surface area contributed by atoms with Crippen molar-refractivity contribution in [1.29, 1.82) is 0 Å². The molecule has 0 bridgehead atoms. The van der Waals surface area contributed by atoms with E-state index in [0.717, 1.165) is 16.7 Å². The molecule has 0 aliphatic heterocycles. The summed E-state index contributed by atoms with van der Waals surface area (Å²) in [7, 11) is -3.38. The van der Waals surface area contributed by atoms with E-state index in [4.69, 9.17) is 14.0 Å². The van der Waals surface area contributed by atoms with Crippen molar-refractivity contribution in [2.75, 3.05) is 26.1 Å². The van der Waals surface area contributed by atoms with Crippen LogP contribution in [0.5, 0.6) is 0 Å². The number of benzene rings is 3. The van der Waals surface area contributed by atoms with Gasteiger partial charge in [0.15, 0.2) is 0 Å². The van der Waals surface area contributed by atoms with E-state index in [2.05, 4.69) is 41.7 Å². The number of ether oxygens (including phenoxy) is 2. The molecule has 5 nitrogen and oxygen atoms in total. The van der Waals surface area contributed by atoms with Crippen molar-refractivity contribution in [2.24, 2.45) is 0 Å². The molecule has 0 radical (unpaired) electrons. The van der Waals surface area contributed by atoms with Gasteiger partial charge in [-0.1, -0.05) is 91.0 Å². The van der Waals surface area contributed by atoms with Gasteiger partial charge in [0.1, 0.15) is 0 Å². The van der Waals surface area contributed by atoms with E-state index in [1.807, 2.05) is 75.4 Å². The fourth-order valence-electron chi connectivity index (χ4n) is 4.06. The Hall–Kier alpha value is -2.27. The van der Waals surface area contributed by atoms with Gasteiger partial charge in [0.2, 0.25) is 6.03 Å². The highest BCUT2D eigenvalue weighted by Crippen LogP contribution is 2.53. The zero-order valence-electron chi connectivity index (χ0n) is 19.6. The Morgan fingerprint density at radius 3 is 1.42 bits per heavy atom. The van der Waals surface area contributed by atoms with Crippen molar-refractivity contribution < 1.29 is 18.6 Å². The van der Waals surface area contributed by atoms with Crippen molar-refractivity contribution >= 4 is 7.37 Å². The van der Waals surface area contributed by atoms with Gasteiger partial charge in [-0.15, -0.1) is 0 Å². The summed E-state index contributed by atoms with van der Waals surface area (Å²) >= 11 is 0. The highest BCUT2D eigenvalue weighted by Gasteiger charge is 2.42. The first kappa shape index (κ1) is 25.4. The van der Waals surface area contributed by atoms with Gasteiger partial charge in [0.05, 0.1) is 18.4 Å². The highest BCUT2D eigenvalue weighted by atomic mass is 31.2. The molecule has 3 aromatic rings. The molecule has 0 saturated heterocycles. The molecular weight excluding hydrogens is 433 g/mol. The van der Waals surface area contributed by atoms with E-state index in [0.29, 0.717) is 19.8 Å². The third-order valence-electron chi connectivity index (χ3n) is 5.47. The van der Waals surface area contributed by atoms with Crippen LogP contribution >= 0.6 is 7.37 Å². The van der Waals surface area contributed by atoms with Gasteiger partial charge in [-0.3, -0.25) is 9.88 Å². The van der Waals surface area contributed by atoms with E-state index in [1.54, 1.807) is 0 Å². The van der Waals surface area contributed by atoms with Crippen LogP contribution in [-0.4, -0.2) is 32.1 Å². The molecule has 1 N–H and O–H groups in total. The van der Waals surface area contributed by atoms with E-state index in [9.17, 15) is 4.57 Å². The summed E-state index contributed by atoms with van der Waals surface area (Å²) in [5.41, 5.74) is 2.36. The summed E-state index contributed by atoms with van der Waals surface area (Å²) in [5, 5.41) is 3.66. The van der Waals surface area contributed by atoms with Crippen LogP contribution < -0.4 is 5.32 Å². The molecule has 3 aromatic carbocycles. The Morgan fingerprint density at radius 2 is 1.09 bits per heavy atom. The van der Waals surface area contributed by atoms with Crippen molar-refractivity contribution in [3.05, 3.63) is 108 Å². The molecule has 176 valence electrons. The Balaban J connectivity index is 2.14. The first-order chi connectivity index (χ1) is 16.1. The predicted octanol–water partition coefficient (Wildman–Crippen LogP) is 6.20. The van der Waals surface area contributed by atoms with Gasteiger partial charge in [-0.2, -0.15) is 0 Å². The maximum absolute atomic E-state index is 14.1. The maximum atomic E-state index is 14.1. The van der Waals surface area contributed by atoms with Gasteiger partial charge >= 0.3 is 0 Å². The molecule has 0 spiro atoms. The van der Waals surface area contributed by atoms with E-state index >= 15 is 0 Å². The molecule has 6 heteroatoms. The lowest BCUT2D eigenvalue weighted by Crippen LogP contribution is -2.46. The van der Waals surface area contributed by atoms with Gasteiger partial charge in [-0.05, 0) is 37.5 Å². The van der Waals surface area contributed by atoms with Crippen LogP contribution in [0.15, 0.2) is 91.0 Å². The third kappa shape index (κ3) is 5.81. The molecule has 0 fully saturated rings. The summed E-state index contributed by atoms with van der Waals surface area (Å²) in [5.74, 6) is 0. The van der Waals surface area contributed by atoms with Crippen LogP contribution in [0.25, 0.3) is 0 Å². The fourth-order valence-corrected chi connectivity index (χ4v) is 6.07. The number of nitrogens with one attached hydrogen (secondary N) is 1. The number of rotatable bonds is 13. The minimum absolute atomic E-state index is 0.0736. The topological polar surface area (TPSA) is 56.8 Å². The minimum Gasteiger partial charge on any atom is -0.345 e. The second-order valence-corrected chi connectivity index (χ2v) is 9.99. The molecule has 33 heavy (non-hydrogen) atoms.